The number of hydrogen-bond acceptors (Lipinski definition) is 3. The number of carbonyl (C=O) groups excluding carboxylic acids is 2. The number of anilines is 1. The van der Waals surface area contributed by atoms with Gasteiger partial charge in [0.25, 0.3) is 11.8 Å². The van der Waals surface area contributed by atoms with Crippen molar-refractivity contribution in [1.29, 1.82) is 5.26 Å². The van der Waals surface area contributed by atoms with Gasteiger partial charge in [0, 0.05) is 17.7 Å². The van der Waals surface area contributed by atoms with Crippen molar-refractivity contribution >= 4 is 17.5 Å². The van der Waals surface area contributed by atoms with Gasteiger partial charge in [-0.15, -0.1) is 0 Å². The maximum atomic E-state index is 12.4. The van der Waals surface area contributed by atoms with Gasteiger partial charge in [0.2, 0.25) is 0 Å². The van der Waals surface area contributed by atoms with E-state index in [-0.39, 0.29) is 11.8 Å². The zero-order chi connectivity index (χ0) is 17.4. The Morgan fingerprint density at radius 2 is 1.75 bits per heavy atom. The van der Waals surface area contributed by atoms with E-state index in [2.05, 4.69) is 17.6 Å². The van der Waals surface area contributed by atoms with Crippen LogP contribution in [0.15, 0.2) is 48.5 Å². The molecule has 0 aliphatic rings. The number of nitriles is 1. The Balaban J connectivity index is 2.12. The molecule has 0 aliphatic carbocycles. The summed E-state index contributed by atoms with van der Waals surface area (Å²) in [4.78, 5) is 24.4. The van der Waals surface area contributed by atoms with E-state index >= 15 is 0 Å². The molecule has 0 heterocycles. The second-order valence-corrected chi connectivity index (χ2v) is 5.30. The highest BCUT2D eigenvalue weighted by Gasteiger charge is 2.12. The van der Waals surface area contributed by atoms with Crippen LogP contribution >= 0.6 is 0 Å². The van der Waals surface area contributed by atoms with E-state index in [9.17, 15) is 9.59 Å². The summed E-state index contributed by atoms with van der Waals surface area (Å²) in [6, 6.07) is 15.3. The van der Waals surface area contributed by atoms with Crippen molar-refractivity contribution < 1.29 is 9.59 Å². The molecule has 0 fully saturated rings. The van der Waals surface area contributed by atoms with Gasteiger partial charge in [-0.2, -0.15) is 5.26 Å². The van der Waals surface area contributed by atoms with Crippen LogP contribution in [0.25, 0.3) is 0 Å². The third-order valence-electron chi connectivity index (χ3n) is 3.50. The largest absolute Gasteiger partial charge is 0.352 e. The maximum Gasteiger partial charge on any atom is 0.255 e. The predicted molar refractivity (Wildman–Crippen MR) is 92.8 cm³/mol. The standard InChI is InChI=1S/C19H19N3O2/c1-2-3-11-21-18(23)14-8-6-9-15(12-14)19(24)22-17-10-5-4-7-16(17)13-20/h4-10,12H,2-3,11H2,1H3,(H,21,23)(H,22,24). The molecule has 5 heteroatoms. The van der Waals surface area contributed by atoms with Crippen LogP contribution < -0.4 is 10.6 Å². The first-order valence-electron chi connectivity index (χ1n) is 7.84. The minimum Gasteiger partial charge on any atom is -0.352 e. The van der Waals surface area contributed by atoms with Crippen LogP contribution in [-0.2, 0) is 0 Å². The smallest absolute Gasteiger partial charge is 0.255 e. The summed E-state index contributed by atoms with van der Waals surface area (Å²) in [5.74, 6) is -0.559. The second-order valence-electron chi connectivity index (χ2n) is 5.30. The van der Waals surface area contributed by atoms with Gasteiger partial charge in [-0.1, -0.05) is 31.5 Å². The van der Waals surface area contributed by atoms with Crippen LogP contribution in [0.3, 0.4) is 0 Å². The van der Waals surface area contributed by atoms with Gasteiger partial charge in [0.15, 0.2) is 0 Å². The Morgan fingerprint density at radius 3 is 2.46 bits per heavy atom. The fourth-order valence-electron chi connectivity index (χ4n) is 2.17. The first-order chi connectivity index (χ1) is 11.7. The number of carbonyl (C=O) groups is 2. The minimum atomic E-state index is -0.360. The molecule has 5 nitrogen and oxygen atoms in total. The van der Waals surface area contributed by atoms with Gasteiger partial charge in [-0.3, -0.25) is 9.59 Å². The van der Waals surface area contributed by atoms with Gasteiger partial charge in [0.05, 0.1) is 11.3 Å². The maximum absolute atomic E-state index is 12.4. The van der Waals surface area contributed by atoms with Crippen LogP contribution in [0, 0.1) is 11.3 Å². The molecule has 0 atom stereocenters. The van der Waals surface area contributed by atoms with Gasteiger partial charge in [-0.05, 0) is 36.8 Å². The van der Waals surface area contributed by atoms with E-state index in [1.165, 1.54) is 0 Å². The average Bonchev–Trinajstić information content (AvgIpc) is 2.62. The van der Waals surface area contributed by atoms with E-state index in [4.69, 9.17) is 5.26 Å². The lowest BCUT2D eigenvalue weighted by molar-refractivity contribution is 0.0953. The van der Waals surface area contributed by atoms with E-state index in [0.29, 0.717) is 28.9 Å². The third kappa shape index (κ3) is 4.43. The van der Waals surface area contributed by atoms with Crippen molar-refractivity contribution in [2.24, 2.45) is 0 Å². The van der Waals surface area contributed by atoms with E-state index in [0.717, 1.165) is 12.8 Å². The Morgan fingerprint density at radius 1 is 1.04 bits per heavy atom. The SMILES string of the molecule is CCCCNC(=O)c1cccc(C(=O)Nc2ccccc2C#N)c1. The molecule has 0 bridgehead atoms. The Hall–Kier alpha value is -3.13. The van der Waals surface area contributed by atoms with Crippen LogP contribution in [0.5, 0.6) is 0 Å². The molecule has 2 aromatic carbocycles. The summed E-state index contributed by atoms with van der Waals surface area (Å²) in [7, 11) is 0. The molecule has 0 aliphatic heterocycles. The van der Waals surface area contributed by atoms with Crippen molar-refractivity contribution in [3.8, 4) is 6.07 Å². The lowest BCUT2D eigenvalue weighted by Gasteiger charge is -2.08. The number of amides is 2. The Kier molecular flexibility index (Phi) is 6.09. The van der Waals surface area contributed by atoms with Crippen molar-refractivity contribution in [1.82, 2.24) is 5.32 Å². The summed E-state index contributed by atoms with van der Waals surface area (Å²) in [5, 5.41) is 14.6. The normalized spacial score (nSPS) is 9.83. The molecule has 0 saturated carbocycles. The predicted octanol–water partition coefficient (Wildman–Crippen LogP) is 3.34. The highest BCUT2D eigenvalue weighted by molar-refractivity contribution is 6.06. The molecule has 0 radical (unpaired) electrons. The number of hydrogen-bond donors (Lipinski definition) is 2. The van der Waals surface area contributed by atoms with Crippen molar-refractivity contribution in [2.75, 3.05) is 11.9 Å². The molecule has 0 saturated heterocycles. The molecular weight excluding hydrogens is 302 g/mol. The minimum absolute atomic E-state index is 0.199. The first-order valence-corrected chi connectivity index (χ1v) is 7.84. The fraction of sp³-hybridized carbons (Fsp3) is 0.211. The third-order valence-corrected chi connectivity index (χ3v) is 3.50. The molecule has 2 rings (SSSR count). The van der Waals surface area contributed by atoms with Crippen molar-refractivity contribution in [2.45, 2.75) is 19.8 Å². The first kappa shape index (κ1) is 17.2. The molecule has 2 amide bonds. The summed E-state index contributed by atoms with van der Waals surface area (Å²) >= 11 is 0. The Bertz CT molecular complexity index is 778. The molecule has 24 heavy (non-hydrogen) atoms. The van der Waals surface area contributed by atoms with Gasteiger partial charge in [-0.25, -0.2) is 0 Å². The van der Waals surface area contributed by atoms with Crippen molar-refractivity contribution in [3.05, 3.63) is 65.2 Å². The summed E-state index contributed by atoms with van der Waals surface area (Å²) in [6.45, 7) is 2.66. The quantitative estimate of drug-likeness (QED) is 0.801. The molecule has 0 unspecified atom stereocenters. The molecule has 0 spiro atoms. The summed E-state index contributed by atoms with van der Waals surface area (Å²) in [5.41, 5.74) is 1.64. The topological polar surface area (TPSA) is 82.0 Å². The lowest BCUT2D eigenvalue weighted by Crippen LogP contribution is -2.24. The zero-order valence-corrected chi connectivity index (χ0v) is 13.5. The van der Waals surface area contributed by atoms with Gasteiger partial charge < -0.3 is 10.6 Å². The molecular formula is C19H19N3O2. The number of para-hydroxylation sites is 1. The number of unbranched alkanes of at least 4 members (excludes halogenated alkanes) is 1. The number of nitrogens with zero attached hydrogens (tertiary/aromatic N) is 1. The van der Waals surface area contributed by atoms with Gasteiger partial charge >= 0.3 is 0 Å². The highest BCUT2D eigenvalue weighted by atomic mass is 16.2. The van der Waals surface area contributed by atoms with Crippen LogP contribution in [0.2, 0.25) is 0 Å². The van der Waals surface area contributed by atoms with Crippen LogP contribution in [-0.4, -0.2) is 18.4 Å². The average molecular weight is 321 g/mol. The molecule has 122 valence electrons. The van der Waals surface area contributed by atoms with Crippen molar-refractivity contribution in [3.63, 3.8) is 0 Å². The Labute approximate surface area is 141 Å². The van der Waals surface area contributed by atoms with E-state index in [1.807, 2.05) is 6.07 Å². The highest BCUT2D eigenvalue weighted by Crippen LogP contribution is 2.15. The van der Waals surface area contributed by atoms with E-state index < -0.39 is 0 Å². The molecule has 2 aromatic rings. The number of benzene rings is 2. The van der Waals surface area contributed by atoms with E-state index in [1.54, 1.807) is 48.5 Å². The van der Waals surface area contributed by atoms with Crippen LogP contribution in [0.4, 0.5) is 5.69 Å². The second kappa shape index (κ2) is 8.49. The van der Waals surface area contributed by atoms with Gasteiger partial charge in [0.1, 0.15) is 6.07 Å². The molecule has 2 N–H and O–H groups in total. The lowest BCUT2D eigenvalue weighted by atomic mass is 10.1. The fourth-order valence-corrected chi connectivity index (χ4v) is 2.17. The number of rotatable bonds is 6. The molecule has 0 aromatic heterocycles. The summed E-state index contributed by atoms with van der Waals surface area (Å²) < 4.78 is 0. The van der Waals surface area contributed by atoms with Crippen LogP contribution in [0.1, 0.15) is 46.0 Å². The zero-order valence-electron chi connectivity index (χ0n) is 13.5. The summed E-state index contributed by atoms with van der Waals surface area (Å²) in [6.07, 6.45) is 1.91. The monoisotopic (exact) mass is 321 g/mol. The number of nitrogens with one attached hydrogen (secondary N) is 2.